The molecule has 1 heterocycles. The van der Waals surface area contributed by atoms with E-state index in [4.69, 9.17) is 5.73 Å². The standard InChI is InChI=1S/C15H16N2O3S/c1-10-2-3-11(8-17-10)4-12-5-13(9-21(19)20)7-14(6-12)15(16)18/h2-3,5-8H,4,9H2,1H3,(H2,16,18)(H,19,20)/p-1. The van der Waals surface area contributed by atoms with E-state index in [9.17, 15) is 13.6 Å². The minimum atomic E-state index is -2.21. The molecule has 6 heteroatoms. The van der Waals surface area contributed by atoms with Gasteiger partial charge in [-0.2, -0.15) is 0 Å². The highest BCUT2D eigenvalue weighted by Crippen LogP contribution is 2.15. The second-order valence-corrected chi connectivity index (χ2v) is 5.73. The van der Waals surface area contributed by atoms with Gasteiger partial charge in [0.1, 0.15) is 0 Å². The summed E-state index contributed by atoms with van der Waals surface area (Å²) in [4.78, 5) is 15.6. The first-order valence-electron chi connectivity index (χ1n) is 6.34. The van der Waals surface area contributed by atoms with Crippen LogP contribution in [0.1, 0.15) is 32.7 Å². The zero-order chi connectivity index (χ0) is 15.4. The van der Waals surface area contributed by atoms with Crippen molar-refractivity contribution in [1.82, 2.24) is 4.98 Å². The molecular formula is C15H15N2O3S-. The SMILES string of the molecule is Cc1ccc(Cc2cc(CS(=O)[O-])cc(C(N)=O)c2)cn1. The van der Waals surface area contributed by atoms with Gasteiger partial charge >= 0.3 is 0 Å². The Kier molecular flexibility index (Phi) is 4.82. The lowest BCUT2D eigenvalue weighted by Crippen LogP contribution is -2.12. The van der Waals surface area contributed by atoms with Gasteiger partial charge in [-0.1, -0.05) is 23.2 Å². The van der Waals surface area contributed by atoms with Crippen molar-refractivity contribution in [2.75, 3.05) is 0 Å². The molecule has 1 amide bonds. The Hall–Kier alpha value is -2.05. The maximum absolute atomic E-state index is 11.3. The van der Waals surface area contributed by atoms with Crippen molar-refractivity contribution in [3.8, 4) is 0 Å². The van der Waals surface area contributed by atoms with E-state index in [1.807, 2.05) is 19.1 Å². The van der Waals surface area contributed by atoms with Gasteiger partial charge in [0.05, 0.1) is 0 Å². The number of hydrogen-bond donors (Lipinski definition) is 1. The van der Waals surface area contributed by atoms with Gasteiger partial charge in [0, 0.05) is 23.2 Å². The Morgan fingerprint density at radius 3 is 2.52 bits per heavy atom. The third kappa shape index (κ3) is 4.47. The van der Waals surface area contributed by atoms with Crippen LogP contribution in [-0.2, 0) is 23.3 Å². The third-order valence-corrected chi connectivity index (χ3v) is 3.57. The Morgan fingerprint density at radius 1 is 1.24 bits per heavy atom. The summed E-state index contributed by atoms with van der Waals surface area (Å²) in [6.07, 6.45) is 2.32. The number of rotatable bonds is 5. The lowest BCUT2D eigenvalue weighted by Gasteiger charge is -2.10. The Labute approximate surface area is 125 Å². The number of aryl methyl sites for hydroxylation is 1. The maximum Gasteiger partial charge on any atom is 0.248 e. The van der Waals surface area contributed by atoms with Gasteiger partial charge < -0.3 is 10.3 Å². The summed E-state index contributed by atoms with van der Waals surface area (Å²) in [6, 6.07) is 8.81. The van der Waals surface area contributed by atoms with Gasteiger partial charge in [-0.25, -0.2) is 0 Å². The summed E-state index contributed by atoms with van der Waals surface area (Å²) >= 11 is -2.21. The Balaban J connectivity index is 2.32. The molecule has 2 N–H and O–H groups in total. The summed E-state index contributed by atoms with van der Waals surface area (Å²) < 4.78 is 21.7. The van der Waals surface area contributed by atoms with Crippen LogP contribution < -0.4 is 5.73 Å². The average molecular weight is 303 g/mol. The number of benzene rings is 1. The van der Waals surface area contributed by atoms with Gasteiger partial charge in [0.25, 0.3) is 0 Å². The van der Waals surface area contributed by atoms with E-state index in [2.05, 4.69) is 4.98 Å². The Morgan fingerprint density at radius 2 is 1.95 bits per heavy atom. The quantitative estimate of drug-likeness (QED) is 0.846. The second-order valence-electron chi connectivity index (χ2n) is 4.84. The predicted molar refractivity (Wildman–Crippen MR) is 79.4 cm³/mol. The molecule has 0 spiro atoms. The Bertz CT molecular complexity index is 684. The number of carbonyl (C=O) groups is 1. The number of nitrogens with zero attached hydrogens (tertiary/aromatic N) is 1. The molecule has 2 aromatic rings. The molecule has 1 aromatic carbocycles. The van der Waals surface area contributed by atoms with Crippen molar-refractivity contribution in [2.24, 2.45) is 5.73 Å². The largest absolute Gasteiger partial charge is 0.772 e. The molecule has 1 unspecified atom stereocenters. The highest BCUT2D eigenvalue weighted by atomic mass is 32.2. The van der Waals surface area contributed by atoms with Crippen molar-refractivity contribution >= 4 is 17.0 Å². The molecule has 0 fully saturated rings. The topological polar surface area (TPSA) is 96.1 Å². The van der Waals surface area contributed by atoms with Gasteiger partial charge in [-0.3, -0.25) is 14.0 Å². The van der Waals surface area contributed by atoms with Crippen molar-refractivity contribution < 1.29 is 13.6 Å². The van der Waals surface area contributed by atoms with Crippen molar-refractivity contribution in [3.63, 3.8) is 0 Å². The zero-order valence-corrected chi connectivity index (χ0v) is 12.4. The van der Waals surface area contributed by atoms with Crippen LogP contribution in [0.4, 0.5) is 0 Å². The number of hydrogen-bond acceptors (Lipinski definition) is 4. The number of primary amides is 1. The third-order valence-electron chi connectivity index (χ3n) is 3.00. The fraction of sp³-hybridized carbons (Fsp3) is 0.200. The van der Waals surface area contributed by atoms with Gasteiger partial charge in [-0.05, 0) is 48.2 Å². The van der Waals surface area contributed by atoms with E-state index in [1.165, 1.54) is 6.07 Å². The molecular weight excluding hydrogens is 288 g/mol. The number of amides is 1. The molecule has 1 atom stereocenters. The summed E-state index contributed by atoms with van der Waals surface area (Å²) in [5, 5.41) is 0. The van der Waals surface area contributed by atoms with E-state index >= 15 is 0 Å². The van der Waals surface area contributed by atoms with E-state index in [-0.39, 0.29) is 5.75 Å². The zero-order valence-electron chi connectivity index (χ0n) is 11.5. The molecule has 0 aliphatic carbocycles. The smallest absolute Gasteiger partial charge is 0.248 e. The number of nitrogens with two attached hydrogens (primary N) is 1. The summed E-state index contributed by atoms with van der Waals surface area (Å²) in [7, 11) is 0. The van der Waals surface area contributed by atoms with Crippen molar-refractivity contribution in [3.05, 3.63) is 64.5 Å². The van der Waals surface area contributed by atoms with E-state index in [1.54, 1.807) is 18.3 Å². The van der Waals surface area contributed by atoms with Crippen LogP contribution in [0.3, 0.4) is 0 Å². The minimum absolute atomic E-state index is 0.139. The van der Waals surface area contributed by atoms with Crippen LogP contribution in [-0.4, -0.2) is 19.7 Å². The van der Waals surface area contributed by atoms with Crippen LogP contribution in [0.5, 0.6) is 0 Å². The van der Waals surface area contributed by atoms with Gasteiger partial charge in [0.2, 0.25) is 5.91 Å². The monoisotopic (exact) mass is 303 g/mol. The fourth-order valence-electron chi connectivity index (χ4n) is 2.07. The van der Waals surface area contributed by atoms with Crippen LogP contribution in [0.2, 0.25) is 0 Å². The molecule has 1 aromatic heterocycles. The first-order chi connectivity index (χ1) is 9.94. The molecule has 0 aliphatic rings. The summed E-state index contributed by atoms with van der Waals surface area (Å²) in [6.45, 7) is 1.90. The van der Waals surface area contributed by atoms with Crippen LogP contribution in [0.15, 0.2) is 36.5 Å². The molecule has 0 aliphatic heterocycles. The molecule has 0 radical (unpaired) electrons. The second kappa shape index (κ2) is 6.60. The van der Waals surface area contributed by atoms with E-state index in [0.29, 0.717) is 17.5 Å². The van der Waals surface area contributed by atoms with Crippen molar-refractivity contribution in [1.29, 1.82) is 0 Å². The van der Waals surface area contributed by atoms with Crippen molar-refractivity contribution in [2.45, 2.75) is 19.1 Å². The molecule has 0 saturated carbocycles. The summed E-state index contributed by atoms with van der Waals surface area (Å²) in [5.74, 6) is -0.711. The van der Waals surface area contributed by atoms with E-state index in [0.717, 1.165) is 16.8 Å². The molecule has 0 bridgehead atoms. The molecule has 2 rings (SSSR count). The molecule has 0 saturated heterocycles. The summed E-state index contributed by atoms with van der Waals surface area (Å²) in [5.41, 5.74) is 8.89. The average Bonchev–Trinajstić information content (AvgIpc) is 2.40. The fourth-order valence-corrected chi connectivity index (χ4v) is 2.50. The minimum Gasteiger partial charge on any atom is -0.772 e. The number of carbonyl (C=O) groups excluding carboxylic acids is 1. The highest BCUT2D eigenvalue weighted by Gasteiger charge is 2.07. The number of aromatic nitrogens is 1. The van der Waals surface area contributed by atoms with Gasteiger partial charge in [0.15, 0.2) is 0 Å². The molecule has 5 nitrogen and oxygen atoms in total. The van der Waals surface area contributed by atoms with Gasteiger partial charge in [-0.15, -0.1) is 0 Å². The first-order valence-corrected chi connectivity index (χ1v) is 7.58. The predicted octanol–water partition coefficient (Wildman–Crippen LogP) is 1.46. The van der Waals surface area contributed by atoms with Crippen LogP contribution in [0, 0.1) is 6.92 Å². The first kappa shape index (κ1) is 15.3. The maximum atomic E-state index is 11.3. The molecule has 21 heavy (non-hydrogen) atoms. The van der Waals surface area contributed by atoms with Crippen LogP contribution in [0.25, 0.3) is 0 Å². The normalized spacial score (nSPS) is 12.1. The van der Waals surface area contributed by atoms with E-state index < -0.39 is 17.0 Å². The highest BCUT2D eigenvalue weighted by molar-refractivity contribution is 7.78. The molecule has 110 valence electrons. The lowest BCUT2D eigenvalue weighted by molar-refractivity contribution is 0.1000. The number of pyridine rings is 1. The van der Waals surface area contributed by atoms with Crippen LogP contribution >= 0.6 is 0 Å². The lowest BCUT2D eigenvalue weighted by atomic mass is 10.0.